The molecule has 0 bridgehead atoms. The number of likely N-dealkylation sites (tertiary alicyclic amines) is 1. The summed E-state index contributed by atoms with van der Waals surface area (Å²) in [6, 6.07) is 1.36. The van der Waals surface area contributed by atoms with Gasteiger partial charge in [-0.05, 0) is 18.3 Å². The van der Waals surface area contributed by atoms with Crippen molar-refractivity contribution in [3.05, 3.63) is 0 Å². The molecule has 0 spiro atoms. The van der Waals surface area contributed by atoms with Crippen LogP contribution in [-0.2, 0) is 4.79 Å². The predicted octanol–water partition coefficient (Wildman–Crippen LogP) is 0.874. The molecule has 1 rings (SSSR count). The molecule has 1 aliphatic heterocycles. The van der Waals surface area contributed by atoms with E-state index >= 15 is 0 Å². The topological polar surface area (TPSA) is 70.1 Å². The van der Waals surface area contributed by atoms with Crippen LogP contribution in [0.2, 0.25) is 0 Å². The Hall–Kier alpha value is -1.08. The Bertz CT molecular complexity index is 287. The first-order chi connectivity index (χ1) is 6.88. The molecule has 2 atom stereocenters. The second-order valence-electron chi connectivity index (χ2n) is 5.16. The summed E-state index contributed by atoms with van der Waals surface area (Å²) < 4.78 is 0. The highest BCUT2D eigenvalue weighted by Gasteiger charge is 2.36. The van der Waals surface area contributed by atoms with E-state index in [9.17, 15) is 4.79 Å². The lowest BCUT2D eigenvalue weighted by molar-refractivity contribution is -0.134. The normalized spacial score (nSPS) is 23.7. The standard InChI is InChI=1S/C11H19N3O/c1-11(2,3)9(13)10(15)14-6-4-5-8(14)7-12/h8-9H,4-6,13H2,1-3H3/t8-,9+/m0/s1. The van der Waals surface area contributed by atoms with Crippen molar-refractivity contribution in [2.24, 2.45) is 11.1 Å². The Morgan fingerprint density at radius 2 is 2.20 bits per heavy atom. The number of hydrogen-bond acceptors (Lipinski definition) is 3. The summed E-state index contributed by atoms with van der Waals surface area (Å²) in [4.78, 5) is 13.6. The van der Waals surface area contributed by atoms with Crippen LogP contribution in [0.5, 0.6) is 0 Å². The molecule has 0 unspecified atom stereocenters. The second kappa shape index (κ2) is 4.19. The van der Waals surface area contributed by atoms with Gasteiger partial charge in [-0.2, -0.15) is 5.26 Å². The van der Waals surface area contributed by atoms with Crippen LogP contribution in [0.3, 0.4) is 0 Å². The van der Waals surface area contributed by atoms with Gasteiger partial charge in [0.05, 0.1) is 12.1 Å². The highest BCUT2D eigenvalue weighted by Crippen LogP contribution is 2.23. The number of hydrogen-bond donors (Lipinski definition) is 1. The van der Waals surface area contributed by atoms with Crippen molar-refractivity contribution >= 4 is 5.91 Å². The molecule has 0 aromatic carbocycles. The van der Waals surface area contributed by atoms with Gasteiger partial charge in [0.25, 0.3) is 0 Å². The number of nitrogens with zero attached hydrogens (tertiary/aromatic N) is 2. The van der Waals surface area contributed by atoms with Gasteiger partial charge >= 0.3 is 0 Å². The van der Waals surface area contributed by atoms with Crippen LogP contribution >= 0.6 is 0 Å². The smallest absolute Gasteiger partial charge is 0.241 e. The summed E-state index contributed by atoms with van der Waals surface area (Å²) >= 11 is 0. The van der Waals surface area contributed by atoms with Crippen molar-refractivity contribution in [1.82, 2.24) is 4.90 Å². The molecule has 84 valence electrons. The summed E-state index contributed by atoms with van der Waals surface area (Å²) in [7, 11) is 0. The lowest BCUT2D eigenvalue weighted by Crippen LogP contribution is -2.51. The number of nitrogens with two attached hydrogens (primary N) is 1. The number of nitriles is 1. The molecular weight excluding hydrogens is 190 g/mol. The van der Waals surface area contributed by atoms with Gasteiger partial charge in [-0.15, -0.1) is 0 Å². The Morgan fingerprint density at radius 1 is 1.60 bits per heavy atom. The third-order valence-corrected chi connectivity index (χ3v) is 2.88. The van der Waals surface area contributed by atoms with Crippen molar-refractivity contribution in [3.63, 3.8) is 0 Å². The SMILES string of the molecule is CC(C)(C)[C@H](N)C(=O)N1CCC[C@H]1C#N. The minimum absolute atomic E-state index is 0.0912. The van der Waals surface area contributed by atoms with E-state index in [1.807, 2.05) is 20.8 Å². The van der Waals surface area contributed by atoms with E-state index in [2.05, 4.69) is 6.07 Å². The molecule has 2 N–H and O–H groups in total. The quantitative estimate of drug-likeness (QED) is 0.696. The lowest BCUT2D eigenvalue weighted by atomic mass is 9.86. The summed E-state index contributed by atoms with van der Waals surface area (Å²) in [6.45, 7) is 6.48. The number of amides is 1. The fourth-order valence-corrected chi connectivity index (χ4v) is 1.71. The average Bonchev–Trinajstić information content (AvgIpc) is 2.61. The van der Waals surface area contributed by atoms with Gasteiger partial charge in [0.2, 0.25) is 5.91 Å². The van der Waals surface area contributed by atoms with Crippen molar-refractivity contribution in [3.8, 4) is 6.07 Å². The minimum Gasteiger partial charge on any atom is -0.325 e. The van der Waals surface area contributed by atoms with E-state index in [1.165, 1.54) is 0 Å². The molecule has 1 heterocycles. The maximum atomic E-state index is 12.0. The van der Waals surface area contributed by atoms with Gasteiger partial charge in [-0.1, -0.05) is 20.8 Å². The van der Waals surface area contributed by atoms with Crippen LogP contribution in [0.25, 0.3) is 0 Å². The van der Waals surface area contributed by atoms with Crippen LogP contribution in [0.15, 0.2) is 0 Å². The molecule has 1 fully saturated rings. The molecule has 15 heavy (non-hydrogen) atoms. The highest BCUT2D eigenvalue weighted by molar-refractivity contribution is 5.83. The van der Waals surface area contributed by atoms with Gasteiger partial charge in [-0.25, -0.2) is 0 Å². The molecule has 0 aromatic rings. The molecule has 0 saturated carbocycles. The van der Waals surface area contributed by atoms with E-state index in [-0.39, 0.29) is 17.4 Å². The van der Waals surface area contributed by atoms with Crippen LogP contribution in [0.4, 0.5) is 0 Å². The molecule has 0 radical (unpaired) electrons. The number of carbonyl (C=O) groups excluding carboxylic acids is 1. The molecule has 4 heteroatoms. The van der Waals surface area contributed by atoms with Crippen molar-refractivity contribution in [2.45, 2.75) is 45.7 Å². The van der Waals surface area contributed by atoms with Crippen molar-refractivity contribution in [2.75, 3.05) is 6.54 Å². The third-order valence-electron chi connectivity index (χ3n) is 2.88. The molecule has 1 saturated heterocycles. The monoisotopic (exact) mass is 209 g/mol. The fraction of sp³-hybridized carbons (Fsp3) is 0.818. The summed E-state index contributed by atoms with van der Waals surface area (Å²) in [5, 5.41) is 8.89. The largest absolute Gasteiger partial charge is 0.325 e. The van der Waals surface area contributed by atoms with Crippen molar-refractivity contribution < 1.29 is 4.79 Å². The maximum Gasteiger partial charge on any atom is 0.241 e. The molecular formula is C11H19N3O. The molecule has 1 aliphatic rings. The molecule has 0 aromatic heterocycles. The average molecular weight is 209 g/mol. The Kier molecular flexibility index (Phi) is 3.35. The first-order valence-electron chi connectivity index (χ1n) is 5.33. The zero-order valence-corrected chi connectivity index (χ0v) is 9.66. The van der Waals surface area contributed by atoms with Gasteiger partial charge in [0.15, 0.2) is 0 Å². The first kappa shape index (κ1) is 12.0. The van der Waals surface area contributed by atoms with Crippen LogP contribution in [-0.4, -0.2) is 29.4 Å². The first-order valence-corrected chi connectivity index (χ1v) is 5.33. The predicted molar refractivity (Wildman–Crippen MR) is 57.8 cm³/mol. The van der Waals surface area contributed by atoms with Crippen LogP contribution < -0.4 is 5.73 Å². The lowest BCUT2D eigenvalue weighted by Gasteiger charge is -2.31. The van der Waals surface area contributed by atoms with Crippen molar-refractivity contribution in [1.29, 1.82) is 5.26 Å². The minimum atomic E-state index is -0.522. The zero-order valence-electron chi connectivity index (χ0n) is 9.66. The molecule has 1 amide bonds. The number of rotatable bonds is 1. The Labute approximate surface area is 91.0 Å². The van der Waals surface area contributed by atoms with Crippen LogP contribution in [0, 0.1) is 16.7 Å². The summed E-state index contributed by atoms with van der Waals surface area (Å²) in [5.74, 6) is -0.0912. The zero-order chi connectivity index (χ0) is 11.6. The number of carbonyl (C=O) groups is 1. The Balaban J connectivity index is 2.73. The van der Waals surface area contributed by atoms with Gasteiger partial charge in [0.1, 0.15) is 6.04 Å². The van der Waals surface area contributed by atoms with Gasteiger partial charge in [0, 0.05) is 6.54 Å². The summed E-state index contributed by atoms with van der Waals surface area (Å²) in [5.41, 5.74) is 5.64. The third kappa shape index (κ3) is 2.48. The fourth-order valence-electron chi connectivity index (χ4n) is 1.71. The molecule has 4 nitrogen and oxygen atoms in total. The molecule has 0 aliphatic carbocycles. The maximum absolute atomic E-state index is 12.0. The van der Waals surface area contributed by atoms with Crippen LogP contribution in [0.1, 0.15) is 33.6 Å². The van der Waals surface area contributed by atoms with E-state index in [0.29, 0.717) is 6.54 Å². The van der Waals surface area contributed by atoms with Gasteiger partial charge in [-0.3, -0.25) is 4.79 Å². The Morgan fingerprint density at radius 3 is 2.67 bits per heavy atom. The van der Waals surface area contributed by atoms with E-state index in [4.69, 9.17) is 11.0 Å². The van der Waals surface area contributed by atoms with E-state index in [0.717, 1.165) is 12.8 Å². The summed E-state index contributed by atoms with van der Waals surface area (Å²) in [6.07, 6.45) is 1.68. The highest BCUT2D eigenvalue weighted by atomic mass is 16.2. The van der Waals surface area contributed by atoms with Gasteiger partial charge < -0.3 is 10.6 Å². The second-order valence-corrected chi connectivity index (χ2v) is 5.16. The van der Waals surface area contributed by atoms with E-state index in [1.54, 1.807) is 4.90 Å². The van der Waals surface area contributed by atoms with E-state index < -0.39 is 6.04 Å².